The number of benzene rings is 2. The van der Waals surface area contributed by atoms with Crippen molar-refractivity contribution < 1.29 is 9.47 Å². The third-order valence-electron chi connectivity index (χ3n) is 4.83. The number of halogens is 1. The van der Waals surface area contributed by atoms with Gasteiger partial charge in [-0.15, -0.1) is 0 Å². The molecule has 1 aliphatic rings. The molecular formula is C22H29ClN2O2. The molecule has 0 atom stereocenters. The summed E-state index contributed by atoms with van der Waals surface area (Å²) in [4.78, 5) is 2.38. The van der Waals surface area contributed by atoms with Gasteiger partial charge in [0.2, 0.25) is 0 Å². The molecule has 0 saturated carbocycles. The van der Waals surface area contributed by atoms with Crippen LogP contribution >= 0.6 is 11.6 Å². The van der Waals surface area contributed by atoms with E-state index >= 15 is 0 Å². The fourth-order valence-corrected chi connectivity index (χ4v) is 3.67. The number of nitrogens with zero attached hydrogens (tertiary/aromatic N) is 1. The van der Waals surface area contributed by atoms with Gasteiger partial charge in [0.25, 0.3) is 0 Å². The van der Waals surface area contributed by atoms with Crippen LogP contribution in [0, 0.1) is 0 Å². The molecule has 0 aromatic heterocycles. The van der Waals surface area contributed by atoms with E-state index in [1.807, 2.05) is 18.2 Å². The van der Waals surface area contributed by atoms with Crippen LogP contribution < -0.4 is 19.7 Å². The van der Waals surface area contributed by atoms with Crippen LogP contribution in [-0.2, 0) is 6.54 Å². The zero-order chi connectivity index (χ0) is 19.1. The Kier molecular flexibility index (Phi) is 7.11. The summed E-state index contributed by atoms with van der Waals surface area (Å²) in [5.41, 5.74) is 3.29. The number of rotatable bonds is 8. The average molecular weight is 389 g/mol. The van der Waals surface area contributed by atoms with E-state index < -0.39 is 0 Å². The van der Waals surface area contributed by atoms with Gasteiger partial charge >= 0.3 is 0 Å². The predicted octanol–water partition coefficient (Wildman–Crippen LogP) is 5.74. The zero-order valence-electron chi connectivity index (χ0n) is 16.3. The molecule has 1 heterocycles. The van der Waals surface area contributed by atoms with Crippen molar-refractivity contribution in [3.63, 3.8) is 0 Å². The lowest BCUT2D eigenvalue weighted by Crippen LogP contribution is -2.29. The first kappa shape index (κ1) is 19.7. The smallest absolute Gasteiger partial charge is 0.161 e. The van der Waals surface area contributed by atoms with Gasteiger partial charge in [0.05, 0.1) is 24.4 Å². The van der Waals surface area contributed by atoms with Crippen LogP contribution in [0.1, 0.15) is 38.2 Å². The normalized spacial score (nSPS) is 14.1. The van der Waals surface area contributed by atoms with Crippen molar-refractivity contribution in [3.8, 4) is 11.5 Å². The molecule has 0 unspecified atom stereocenters. The number of hydrogen-bond acceptors (Lipinski definition) is 4. The number of methoxy groups -OCH3 is 1. The number of anilines is 2. The van der Waals surface area contributed by atoms with Crippen molar-refractivity contribution in [2.75, 3.05) is 37.0 Å². The molecule has 1 N–H and O–H groups in total. The molecule has 0 spiro atoms. The first-order valence-corrected chi connectivity index (χ1v) is 10.2. The summed E-state index contributed by atoms with van der Waals surface area (Å²) in [7, 11) is 1.67. The van der Waals surface area contributed by atoms with Crippen LogP contribution in [0.2, 0.25) is 5.02 Å². The Balaban J connectivity index is 1.63. The molecule has 1 fully saturated rings. The summed E-state index contributed by atoms with van der Waals surface area (Å²) in [5, 5.41) is 4.25. The minimum absolute atomic E-state index is 0.690. The molecule has 1 saturated heterocycles. The van der Waals surface area contributed by atoms with Crippen molar-refractivity contribution in [2.45, 2.75) is 39.2 Å². The molecule has 3 rings (SSSR count). The van der Waals surface area contributed by atoms with Gasteiger partial charge in [-0.05, 0) is 61.6 Å². The standard InChI is InChI=1S/C22H29ClN2O2/c1-3-13-27-21-10-7-17(14-22(21)26-2)16-24-18-8-9-20(19(23)15-18)25-11-5-4-6-12-25/h7-10,14-15,24H,3-6,11-13,16H2,1-2H3. The van der Waals surface area contributed by atoms with Crippen molar-refractivity contribution in [2.24, 2.45) is 0 Å². The molecule has 2 aromatic rings. The average Bonchev–Trinajstić information content (AvgIpc) is 2.71. The van der Waals surface area contributed by atoms with Gasteiger partial charge < -0.3 is 19.7 Å². The summed E-state index contributed by atoms with van der Waals surface area (Å²) >= 11 is 6.54. The fraction of sp³-hybridized carbons (Fsp3) is 0.455. The summed E-state index contributed by atoms with van der Waals surface area (Å²) < 4.78 is 11.2. The van der Waals surface area contributed by atoms with E-state index in [1.54, 1.807) is 7.11 Å². The van der Waals surface area contributed by atoms with E-state index in [1.165, 1.54) is 19.3 Å². The van der Waals surface area contributed by atoms with Gasteiger partial charge in [-0.1, -0.05) is 24.6 Å². The van der Waals surface area contributed by atoms with E-state index in [-0.39, 0.29) is 0 Å². The van der Waals surface area contributed by atoms with Gasteiger partial charge in [-0.2, -0.15) is 0 Å². The van der Waals surface area contributed by atoms with E-state index in [0.717, 1.165) is 53.0 Å². The van der Waals surface area contributed by atoms with Crippen molar-refractivity contribution in [1.82, 2.24) is 0 Å². The molecule has 5 heteroatoms. The molecule has 0 bridgehead atoms. The second-order valence-corrected chi connectivity index (χ2v) is 7.31. The predicted molar refractivity (Wildman–Crippen MR) is 114 cm³/mol. The van der Waals surface area contributed by atoms with Crippen molar-refractivity contribution in [1.29, 1.82) is 0 Å². The third kappa shape index (κ3) is 5.23. The molecule has 0 aliphatic carbocycles. The van der Waals surface area contributed by atoms with E-state index in [0.29, 0.717) is 13.2 Å². The highest BCUT2D eigenvalue weighted by Crippen LogP contribution is 2.32. The number of nitrogens with one attached hydrogen (secondary N) is 1. The molecule has 146 valence electrons. The molecule has 0 radical (unpaired) electrons. The minimum Gasteiger partial charge on any atom is -0.493 e. The summed E-state index contributed by atoms with van der Waals surface area (Å²) in [6, 6.07) is 12.3. The van der Waals surface area contributed by atoms with Crippen LogP contribution in [-0.4, -0.2) is 26.8 Å². The highest BCUT2D eigenvalue weighted by molar-refractivity contribution is 6.33. The summed E-state index contributed by atoms with van der Waals surface area (Å²) in [6.45, 7) is 5.67. The lowest BCUT2D eigenvalue weighted by molar-refractivity contribution is 0.294. The van der Waals surface area contributed by atoms with Crippen LogP contribution in [0.15, 0.2) is 36.4 Å². The topological polar surface area (TPSA) is 33.7 Å². The van der Waals surface area contributed by atoms with E-state index in [4.69, 9.17) is 21.1 Å². The molecule has 1 aliphatic heterocycles. The molecule has 2 aromatic carbocycles. The molecular weight excluding hydrogens is 360 g/mol. The van der Waals surface area contributed by atoms with E-state index in [9.17, 15) is 0 Å². The third-order valence-corrected chi connectivity index (χ3v) is 5.13. The van der Waals surface area contributed by atoms with Gasteiger partial charge in [-0.25, -0.2) is 0 Å². The Morgan fingerprint density at radius 2 is 1.85 bits per heavy atom. The lowest BCUT2D eigenvalue weighted by Gasteiger charge is -2.29. The SMILES string of the molecule is CCCOc1ccc(CNc2ccc(N3CCCCC3)c(Cl)c2)cc1OC. The summed E-state index contributed by atoms with van der Waals surface area (Å²) in [5.74, 6) is 1.55. The van der Waals surface area contributed by atoms with Crippen LogP contribution in [0.4, 0.5) is 11.4 Å². The van der Waals surface area contributed by atoms with Gasteiger partial charge in [0.15, 0.2) is 11.5 Å². The zero-order valence-corrected chi connectivity index (χ0v) is 17.0. The maximum atomic E-state index is 6.54. The first-order valence-electron chi connectivity index (χ1n) is 9.79. The maximum absolute atomic E-state index is 6.54. The maximum Gasteiger partial charge on any atom is 0.161 e. The number of piperidine rings is 1. The molecule has 0 amide bonds. The fourth-order valence-electron chi connectivity index (χ4n) is 3.37. The molecule has 4 nitrogen and oxygen atoms in total. The lowest BCUT2D eigenvalue weighted by atomic mass is 10.1. The Bertz CT molecular complexity index is 745. The van der Waals surface area contributed by atoms with E-state index in [2.05, 4.69) is 35.3 Å². The van der Waals surface area contributed by atoms with Crippen LogP contribution in [0.3, 0.4) is 0 Å². The number of hydrogen-bond donors (Lipinski definition) is 1. The quantitative estimate of drug-likeness (QED) is 0.625. The highest BCUT2D eigenvalue weighted by Gasteiger charge is 2.14. The van der Waals surface area contributed by atoms with Crippen LogP contribution in [0.5, 0.6) is 11.5 Å². The number of ether oxygens (including phenoxy) is 2. The Morgan fingerprint density at radius 3 is 2.56 bits per heavy atom. The first-order chi connectivity index (χ1) is 13.2. The van der Waals surface area contributed by atoms with Crippen molar-refractivity contribution in [3.05, 3.63) is 47.0 Å². The second kappa shape index (κ2) is 9.75. The second-order valence-electron chi connectivity index (χ2n) is 6.90. The molecule has 27 heavy (non-hydrogen) atoms. The summed E-state index contributed by atoms with van der Waals surface area (Å²) in [6.07, 6.45) is 4.78. The Morgan fingerprint density at radius 1 is 1.04 bits per heavy atom. The Hall–Kier alpha value is -2.07. The van der Waals surface area contributed by atoms with Crippen molar-refractivity contribution >= 4 is 23.0 Å². The van der Waals surface area contributed by atoms with Gasteiger partial charge in [0.1, 0.15) is 0 Å². The van der Waals surface area contributed by atoms with Gasteiger partial charge in [0, 0.05) is 25.3 Å². The Labute approximate surface area is 167 Å². The largest absolute Gasteiger partial charge is 0.493 e. The monoisotopic (exact) mass is 388 g/mol. The minimum atomic E-state index is 0.690. The highest BCUT2D eigenvalue weighted by atomic mass is 35.5. The van der Waals surface area contributed by atoms with Gasteiger partial charge in [-0.3, -0.25) is 0 Å². The van der Waals surface area contributed by atoms with Crippen LogP contribution in [0.25, 0.3) is 0 Å².